The number of hydrogen-bond donors (Lipinski definition) is 1. The molecule has 0 unspecified atom stereocenters. The Morgan fingerprint density at radius 3 is 2.42 bits per heavy atom. The molecule has 0 aliphatic heterocycles. The SMILES string of the molecule is CCCCNC(=O)OCCCCOC(=O)C=CC=O. The second kappa shape index (κ2) is 12.6. The van der Waals surface area contributed by atoms with E-state index in [1.54, 1.807) is 0 Å². The van der Waals surface area contributed by atoms with Gasteiger partial charge in [0.05, 0.1) is 13.2 Å². The second-order valence-corrected chi connectivity index (χ2v) is 3.79. The minimum absolute atomic E-state index is 0.239. The van der Waals surface area contributed by atoms with Gasteiger partial charge in [-0.15, -0.1) is 0 Å². The number of amides is 1. The highest BCUT2D eigenvalue weighted by atomic mass is 16.5. The van der Waals surface area contributed by atoms with Crippen molar-refractivity contribution in [3.63, 3.8) is 0 Å². The molecular formula is C13H21NO5. The zero-order valence-electron chi connectivity index (χ0n) is 11.2. The van der Waals surface area contributed by atoms with Gasteiger partial charge in [0.25, 0.3) is 0 Å². The minimum atomic E-state index is -0.551. The summed E-state index contributed by atoms with van der Waals surface area (Å²) in [5, 5.41) is 2.63. The quantitative estimate of drug-likeness (QED) is 0.282. The Morgan fingerprint density at radius 1 is 1.11 bits per heavy atom. The maximum atomic E-state index is 11.1. The van der Waals surface area contributed by atoms with Crippen LogP contribution in [-0.4, -0.2) is 38.1 Å². The summed E-state index contributed by atoms with van der Waals surface area (Å²) in [7, 11) is 0. The zero-order valence-corrected chi connectivity index (χ0v) is 11.2. The van der Waals surface area contributed by atoms with Gasteiger partial charge in [0.1, 0.15) is 6.29 Å². The van der Waals surface area contributed by atoms with Crippen molar-refractivity contribution in [1.29, 1.82) is 0 Å². The fraction of sp³-hybridized carbons (Fsp3) is 0.615. The largest absolute Gasteiger partial charge is 0.463 e. The fourth-order valence-corrected chi connectivity index (χ4v) is 1.13. The van der Waals surface area contributed by atoms with E-state index in [-0.39, 0.29) is 6.61 Å². The number of allylic oxidation sites excluding steroid dienone is 1. The maximum absolute atomic E-state index is 11.1. The van der Waals surface area contributed by atoms with Crippen molar-refractivity contribution in [2.24, 2.45) is 0 Å². The molecular weight excluding hydrogens is 250 g/mol. The van der Waals surface area contributed by atoms with Crippen molar-refractivity contribution >= 4 is 18.3 Å². The van der Waals surface area contributed by atoms with Gasteiger partial charge in [-0.05, 0) is 25.3 Å². The molecule has 0 bridgehead atoms. The van der Waals surface area contributed by atoms with Crippen LogP contribution in [0.3, 0.4) is 0 Å². The summed E-state index contributed by atoms with van der Waals surface area (Å²) in [6.07, 6.45) is 5.39. The van der Waals surface area contributed by atoms with E-state index in [0.717, 1.165) is 25.0 Å². The van der Waals surface area contributed by atoms with Crippen molar-refractivity contribution in [3.8, 4) is 0 Å². The lowest BCUT2D eigenvalue weighted by Crippen LogP contribution is -2.25. The lowest BCUT2D eigenvalue weighted by Gasteiger charge is -2.06. The zero-order chi connectivity index (χ0) is 14.3. The van der Waals surface area contributed by atoms with Gasteiger partial charge in [0, 0.05) is 12.6 Å². The smallest absolute Gasteiger partial charge is 0.407 e. The first-order valence-corrected chi connectivity index (χ1v) is 6.40. The van der Waals surface area contributed by atoms with E-state index in [1.165, 1.54) is 0 Å². The first-order valence-electron chi connectivity index (χ1n) is 6.40. The van der Waals surface area contributed by atoms with Crippen LogP contribution in [0.2, 0.25) is 0 Å². The lowest BCUT2D eigenvalue weighted by molar-refractivity contribution is -0.138. The monoisotopic (exact) mass is 271 g/mol. The number of nitrogens with one attached hydrogen (secondary N) is 1. The third-order valence-electron chi connectivity index (χ3n) is 2.13. The molecule has 19 heavy (non-hydrogen) atoms. The first-order chi connectivity index (χ1) is 9.20. The van der Waals surface area contributed by atoms with E-state index in [4.69, 9.17) is 9.47 Å². The van der Waals surface area contributed by atoms with Gasteiger partial charge in [-0.2, -0.15) is 0 Å². The molecule has 0 aliphatic carbocycles. The van der Waals surface area contributed by atoms with Crippen molar-refractivity contribution < 1.29 is 23.9 Å². The van der Waals surface area contributed by atoms with Crippen molar-refractivity contribution in [3.05, 3.63) is 12.2 Å². The van der Waals surface area contributed by atoms with Crippen LogP contribution in [0, 0.1) is 0 Å². The van der Waals surface area contributed by atoms with E-state index < -0.39 is 12.1 Å². The van der Waals surface area contributed by atoms with Crippen LogP contribution in [-0.2, 0) is 19.1 Å². The third kappa shape index (κ3) is 12.4. The molecule has 0 fully saturated rings. The van der Waals surface area contributed by atoms with Gasteiger partial charge in [-0.1, -0.05) is 13.3 Å². The highest BCUT2D eigenvalue weighted by Gasteiger charge is 2.00. The molecule has 0 aromatic carbocycles. The predicted molar refractivity (Wildman–Crippen MR) is 69.7 cm³/mol. The Labute approximate surface area is 113 Å². The highest BCUT2D eigenvalue weighted by Crippen LogP contribution is 1.93. The van der Waals surface area contributed by atoms with Crippen molar-refractivity contribution in [1.82, 2.24) is 5.32 Å². The van der Waals surface area contributed by atoms with Gasteiger partial charge >= 0.3 is 12.1 Å². The van der Waals surface area contributed by atoms with E-state index >= 15 is 0 Å². The lowest BCUT2D eigenvalue weighted by atomic mass is 10.3. The van der Waals surface area contributed by atoms with E-state index in [1.807, 2.05) is 6.92 Å². The van der Waals surface area contributed by atoms with Gasteiger partial charge in [0.2, 0.25) is 0 Å². The summed E-state index contributed by atoms with van der Waals surface area (Å²) in [5.41, 5.74) is 0. The number of hydrogen-bond acceptors (Lipinski definition) is 5. The molecule has 0 radical (unpaired) electrons. The van der Waals surface area contributed by atoms with Crippen LogP contribution in [0.4, 0.5) is 4.79 Å². The topological polar surface area (TPSA) is 81.7 Å². The number of carbonyl (C=O) groups is 3. The molecule has 0 aromatic rings. The second-order valence-electron chi connectivity index (χ2n) is 3.79. The summed E-state index contributed by atoms with van der Waals surface area (Å²) >= 11 is 0. The van der Waals surface area contributed by atoms with Gasteiger partial charge < -0.3 is 14.8 Å². The molecule has 1 N–H and O–H groups in total. The fourth-order valence-electron chi connectivity index (χ4n) is 1.13. The van der Waals surface area contributed by atoms with Crippen LogP contribution < -0.4 is 5.32 Å². The average Bonchev–Trinajstić information content (AvgIpc) is 2.40. The molecule has 1 amide bonds. The predicted octanol–water partition coefficient (Wildman–Crippen LogP) is 1.59. The standard InChI is InChI=1S/C13H21NO5/c1-2-3-8-14-13(17)19-11-5-4-10-18-12(16)7-6-9-15/h6-7,9H,2-5,8,10-11H2,1H3,(H,14,17). The maximum Gasteiger partial charge on any atom is 0.407 e. The van der Waals surface area contributed by atoms with Crippen molar-refractivity contribution in [2.75, 3.05) is 19.8 Å². The van der Waals surface area contributed by atoms with Gasteiger partial charge in [-0.3, -0.25) is 4.79 Å². The molecule has 0 heterocycles. The Hall–Kier alpha value is -1.85. The molecule has 0 spiro atoms. The molecule has 0 aliphatic rings. The molecule has 108 valence electrons. The van der Waals surface area contributed by atoms with Gasteiger partial charge in [0.15, 0.2) is 0 Å². The Balaban J connectivity index is 3.35. The molecule has 0 atom stereocenters. The molecule has 0 rings (SSSR count). The number of esters is 1. The summed E-state index contributed by atoms with van der Waals surface area (Å²) in [5.74, 6) is -0.551. The first kappa shape index (κ1) is 17.2. The van der Waals surface area contributed by atoms with Gasteiger partial charge in [-0.25, -0.2) is 9.59 Å². The minimum Gasteiger partial charge on any atom is -0.463 e. The molecule has 0 saturated heterocycles. The molecule has 6 nitrogen and oxygen atoms in total. The summed E-state index contributed by atoms with van der Waals surface area (Å²) in [4.78, 5) is 32.0. The van der Waals surface area contributed by atoms with Crippen molar-refractivity contribution in [2.45, 2.75) is 32.6 Å². The normalized spacial score (nSPS) is 10.2. The number of ether oxygens (including phenoxy) is 2. The number of alkyl carbamates (subject to hydrolysis) is 1. The van der Waals surface area contributed by atoms with Crippen LogP contribution in [0.15, 0.2) is 12.2 Å². The van der Waals surface area contributed by atoms with E-state index in [2.05, 4.69) is 5.32 Å². The molecule has 6 heteroatoms. The average molecular weight is 271 g/mol. The highest BCUT2D eigenvalue weighted by molar-refractivity contribution is 5.86. The van der Waals surface area contributed by atoms with Crippen LogP contribution in [0.1, 0.15) is 32.6 Å². The van der Waals surface area contributed by atoms with Crippen LogP contribution >= 0.6 is 0 Å². The summed E-state index contributed by atoms with van der Waals surface area (Å²) in [6, 6.07) is 0. The Bertz CT molecular complexity index is 301. The van der Waals surface area contributed by atoms with E-state index in [0.29, 0.717) is 32.3 Å². The number of unbranched alkanes of at least 4 members (excludes halogenated alkanes) is 2. The number of rotatable bonds is 10. The summed E-state index contributed by atoms with van der Waals surface area (Å²) < 4.78 is 9.70. The van der Waals surface area contributed by atoms with E-state index in [9.17, 15) is 14.4 Å². The molecule has 0 saturated carbocycles. The molecule has 0 aromatic heterocycles. The number of aldehydes is 1. The Morgan fingerprint density at radius 2 is 1.79 bits per heavy atom. The third-order valence-corrected chi connectivity index (χ3v) is 2.13. The Kier molecular flexibility index (Phi) is 11.4. The number of carbonyl (C=O) groups excluding carboxylic acids is 3. The summed E-state index contributed by atoms with van der Waals surface area (Å²) in [6.45, 7) is 3.19. The van der Waals surface area contributed by atoms with Crippen LogP contribution in [0.25, 0.3) is 0 Å². The van der Waals surface area contributed by atoms with Crippen LogP contribution in [0.5, 0.6) is 0 Å².